The maximum absolute atomic E-state index is 13.2. The largest absolute Gasteiger partial charge is 0.507 e. The summed E-state index contributed by atoms with van der Waals surface area (Å²) in [4.78, 5) is 29.7. The molecule has 1 heterocycles. The molecule has 0 saturated carbocycles. The third-order valence-electron chi connectivity index (χ3n) is 6.08. The maximum Gasteiger partial charge on any atom is 0.295 e. The Labute approximate surface area is 201 Å². The Morgan fingerprint density at radius 2 is 1.62 bits per heavy atom. The third-order valence-corrected chi connectivity index (χ3v) is 6.08. The molecule has 0 aliphatic carbocycles. The molecule has 1 saturated heterocycles. The number of Topliss-reactive ketones (excluding diaryl/α,β-unsaturated/α-hetero) is 1. The van der Waals surface area contributed by atoms with Gasteiger partial charge in [0.05, 0.1) is 25.8 Å². The van der Waals surface area contributed by atoms with Gasteiger partial charge in [-0.05, 0) is 48.8 Å². The summed E-state index contributed by atoms with van der Waals surface area (Å²) in [5, 5.41) is 11.3. The number of hydrogen-bond acceptors (Lipinski definition) is 6. The van der Waals surface area contributed by atoms with Crippen molar-refractivity contribution >= 4 is 17.4 Å². The lowest BCUT2D eigenvalue weighted by Crippen LogP contribution is -2.35. The molecule has 1 fully saturated rings. The zero-order valence-corrected chi connectivity index (χ0v) is 21.0. The number of ketones is 1. The molecule has 1 atom stereocenters. The first-order valence-corrected chi connectivity index (χ1v) is 11.3. The minimum Gasteiger partial charge on any atom is -0.507 e. The second kappa shape index (κ2) is 9.89. The fraction of sp³-hybridized carbons (Fsp3) is 0.407. The minimum atomic E-state index is -0.698. The van der Waals surface area contributed by atoms with Gasteiger partial charge in [0, 0.05) is 18.7 Å². The van der Waals surface area contributed by atoms with Crippen LogP contribution in [-0.2, 0) is 15.0 Å². The average Bonchev–Trinajstić information content (AvgIpc) is 3.06. The molecule has 1 N–H and O–H groups in total. The van der Waals surface area contributed by atoms with Gasteiger partial charge in [0.15, 0.2) is 11.5 Å². The van der Waals surface area contributed by atoms with Crippen LogP contribution in [0.2, 0.25) is 0 Å². The molecule has 0 aromatic heterocycles. The standard InChI is InChI=1S/C27H34N2O5/c1-27(2,3)19-11-8-17(9-12-19)23-22(25(31)26(32)29(23)15-14-28(4)5)24(30)18-10-13-20(33-6)21(16-18)34-7/h8-13,16,23,30H,14-15H2,1-7H3. The minimum absolute atomic E-state index is 0.0368. The van der Waals surface area contributed by atoms with Crippen LogP contribution in [0, 0.1) is 0 Å². The van der Waals surface area contributed by atoms with Crippen molar-refractivity contribution in [2.75, 3.05) is 41.4 Å². The second-order valence-electron chi connectivity index (χ2n) is 9.74. The second-order valence-corrected chi connectivity index (χ2v) is 9.74. The van der Waals surface area contributed by atoms with Crippen LogP contribution in [0.15, 0.2) is 48.0 Å². The Kier molecular flexibility index (Phi) is 7.36. The topological polar surface area (TPSA) is 79.3 Å². The number of nitrogens with zero attached hydrogens (tertiary/aromatic N) is 2. The monoisotopic (exact) mass is 466 g/mol. The number of likely N-dealkylation sites (N-methyl/N-ethyl adjacent to an activating group) is 1. The highest BCUT2D eigenvalue weighted by atomic mass is 16.5. The van der Waals surface area contributed by atoms with E-state index in [9.17, 15) is 14.7 Å². The van der Waals surface area contributed by atoms with Crippen LogP contribution in [0.25, 0.3) is 5.76 Å². The Hall–Kier alpha value is -3.32. The van der Waals surface area contributed by atoms with Gasteiger partial charge in [-0.25, -0.2) is 0 Å². The highest BCUT2D eigenvalue weighted by molar-refractivity contribution is 6.46. The number of rotatable bonds is 7. The molecule has 0 bridgehead atoms. The van der Waals surface area contributed by atoms with Crippen molar-refractivity contribution in [2.45, 2.75) is 32.2 Å². The van der Waals surface area contributed by atoms with Crippen molar-refractivity contribution in [1.29, 1.82) is 0 Å². The molecule has 0 spiro atoms. The Morgan fingerprint density at radius 3 is 2.15 bits per heavy atom. The van der Waals surface area contributed by atoms with E-state index < -0.39 is 17.7 Å². The molecular formula is C27H34N2O5. The summed E-state index contributed by atoms with van der Waals surface area (Å²) in [7, 11) is 6.84. The van der Waals surface area contributed by atoms with Crippen molar-refractivity contribution in [1.82, 2.24) is 9.80 Å². The lowest BCUT2D eigenvalue weighted by Gasteiger charge is -2.27. The van der Waals surface area contributed by atoms with Crippen molar-refractivity contribution in [3.8, 4) is 11.5 Å². The quantitative estimate of drug-likeness (QED) is 0.378. The Bertz CT molecular complexity index is 1100. The molecule has 182 valence electrons. The number of carbonyl (C=O) groups excluding carboxylic acids is 2. The lowest BCUT2D eigenvalue weighted by molar-refractivity contribution is -0.140. The number of methoxy groups -OCH3 is 2. The van der Waals surface area contributed by atoms with Crippen molar-refractivity contribution in [3.05, 3.63) is 64.7 Å². The van der Waals surface area contributed by atoms with Gasteiger partial charge in [0.25, 0.3) is 11.7 Å². The highest BCUT2D eigenvalue weighted by Gasteiger charge is 2.46. The van der Waals surface area contributed by atoms with Crippen LogP contribution in [0.4, 0.5) is 0 Å². The summed E-state index contributed by atoms with van der Waals surface area (Å²) < 4.78 is 10.6. The van der Waals surface area contributed by atoms with Crippen LogP contribution < -0.4 is 9.47 Å². The van der Waals surface area contributed by atoms with Crippen molar-refractivity contribution in [2.24, 2.45) is 0 Å². The van der Waals surface area contributed by atoms with E-state index in [4.69, 9.17) is 9.47 Å². The SMILES string of the molecule is COc1ccc(C(O)=C2C(=O)C(=O)N(CCN(C)C)C2c2ccc(C(C)(C)C)cc2)cc1OC. The van der Waals surface area contributed by atoms with Gasteiger partial charge in [0.1, 0.15) is 5.76 Å². The van der Waals surface area contributed by atoms with Gasteiger partial charge in [-0.2, -0.15) is 0 Å². The third kappa shape index (κ3) is 4.94. The average molecular weight is 467 g/mol. The van der Waals surface area contributed by atoms with Crippen LogP contribution in [-0.4, -0.2) is 68.0 Å². The van der Waals surface area contributed by atoms with Crippen LogP contribution >= 0.6 is 0 Å². The van der Waals surface area contributed by atoms with E-state index in [1.54, 1.807) is 23.1 Å². The van der Waals surface area contributed by atoms with Gasteiger partial charge >= 0.3 is 0 Å². The molecule has 2 aromatic rings. The predicted octanol–water partition coefficient (Wildman–Crippen LogP) is 3.98. The zero-order valence-electron chi connectivity index (χ0n) is 21.0. The van der Waals surface area contributed by atoms with Gasteiger partial charge in [0.2, 0.25) is 0 Å². The number of aliphatic hydroxyl groups is 1. The number of carbonyl (C=O) groups is 2. The number of likely N-dealkylation sites (tertiary alicyclic amines) is 1. The maximum atomic E-state index is 13.2. The van der Waals surface area contributed by atoms with E-state index in [0.717, 1.165) is 11.1 Å². The molecule has 1 unspecified atom stereocenters. The molecule has 1 aliphatic rings. The summed E-state index contributed by atoms with van der Waals surface area (Å²) in [6.45, 7) is 7.32. The molecule has 2 aromatic carbocycles. The van der Waals surface area contributed by atoms with Crippen molar-refractivity contribution in [3.63, 3.8) is 0 Å². The van der Waals surface area contributed by atoms with E-state index >= 15 is 0 Å². The lowest BCUT2D eigenvalue weighted by atomic mass is 9.85. The normalized spacial score (nSPS) is 18.0. The summed E-state index contributed by atoms with van der Waals surface area (Å²) in [6, 6.07) is 12.1. The predicted molar refractivity (Wildman–Crippen MR) is 132 cm³/mol. The van der Waals surface area contributed by atoms with Gasteiger partial charge in [-0.1, -0.05) is 45.0 Å². The number of aliphatic hydroxyl groups excluding tert-OH is 1. The summed E-state index contributed by atoms with van der Waals surface area (Å²) >= 11 is 0. The van der Waals surface area contributed by atoms with Crippen LogP contribution in [0.1, 0.15) is 43.5 Å². The van der Waals surface area contributed by atoms with E-state index in [1.807, 2.05) is 43.3 Å². The van der Waals surface area contributed by atoms with E-state index in [0.29, 0.717) is 30.2 Å². The van der Waals surface area contributed by atoms with Crippen molar-refractivity contribution < 1.29 is 24.2 Å². The van der Waals surface area contributed by atoms with Crippen LogP contribution in [0.3, 0.4) is 0 Å². The first-order valence-electron chi connectivity index (χ1n) is 11.3. The van der Waals surface area contributed by atoms with E-state index in [-0.39, 0.29) is 16.7 Å². The molecule has 0 radical (unpaired) electrons. The molecule has 7 nitrogen and oxygen atoms in total. The van der Waals surface area contributed by atoms with E-state index in [1.165, 1.54) is 14.2 Å². The first-order chi connectivity index (χ1) is 16.0. The zero-order chi connectivity index (χ0) is 25.2. The van der Waals surface area contributed by atoms with Gasteiger partial charge in [-0.3, -0.25) is 9.59 Å². The molecule has 3 rings (SSSR count). The highest BCUT2D eigenvalue weighted by Crippen LogP contribution is 2.41. The smallest absolute Gasteiger partial charge is 0.295 e. The first kappa shape index (κ1) is 25.3. The van der Waals surface area contributed by atoms with E-state index in [2.05, 4.69) is 20.8 Å². The number of hydrogen-bond donors (Lipinski definition) is 1. The molecule has 7 heteroatoms. The molecule has 34 heavy (non-hydrogen) atoms. The Balaban J connectivity index is 2.16. The molecule has 1 amide bonds. The van der Waals surface area contributed by atoms with Gasteiger partial charge in [-0.15, -0.1) is 0 Å². The summed E-state index contributed by atoms with van der Waals surface area (Å²) in [6.07, 6.45) is 0. The van der Waals surface area contributed by atoms with Crippen LogP contribution in [0.5, 0.6) is 11.5 Å². The fourth-order valence-electron chi connectivity index (χ4n) is 4.07. The fourth-order valence-corrected chi connectivity index (χ4v) is 4.07. The molecule has 1 aliphatic heterocycles. The van der Waals surface area contributed by atoms with Gasteiger partial charge < -0.3 is 24.4 Å². The number of amides is 1. The Morgan fingerprint density at radius 1 is 1.00 bits per heavy atom. The summed E-state index contributed by atoms with van der Waals surface area (Å²) in [5.41, 5.74) is 2.32. The number of benzene rings is 2. The number of ether oxygens (including phenoxy) is 2. The summed E-state index contributed by atoms with van der Waals surface area (Å²) in [5.74, 6) is -0.638. The molecular weight excluding hydrogens is 432 g/mol.